The molecule has 0 aliphatic carbocycles. The van der Waals surface area contributed by atoms with E-state index in [2.05, 4.69) is 13.8 Å². The van der Waals surface area contributed by atoms with Crippen LogP contribution in [0.1, 0.15) is 41.0 Å². The summed E-state index contributed by atoms with van der Waals surface area (Å²) in [6.45, 7) is 9.99. The molecule has 0 spiro atoms. The number of rotatable bonds is 6. The molecule has 21 heavy (non-hydrogen) atoms. The standard InChI is InChI=1S/C16H26O5/c1-11(2)8-9-19-14-7-6-12(17)13(21-14)10-20-15(18)16(3,4)5/h6-7,11,13-14H,8-10H2,1-5H3/t13-,14+/m1/s1. The van der Waals surface area contributed by atoms with Gasteiger partial charge in [-0.05, 0) is 45.3 Å². The minimum absolute atomic E-state index is 0.0800. The van der Waals surface area contributed by atoms with Crippen molar-refractivity contribution in [1.82, 2.24) is 0 Å². The molecule has 0 amide bonds. The third kappa shape index (κ3) is 6.40. The van der Waals surface area contributed by atoms with E-state index in [0.717, 1.165) is 6.42 Å². The average molecular weight is 298 g/mol. The molecular weight excluding hydrogens is 272 g/mol. The normalized spacial score (nSPS) is 22.7. The molecule has 0 bridgehead atoms. The van der Waals surface area contributed by atoms with Crippen LogP contribution in [0.15, 0.2) is 12.2 Å². The predicted octanol–water partition coefficient (Wildman–Crippen LogP) is 2.49. The summed E-state index contributed by atoms with van der Waals surface area (Å²) in [6.07, 6.45) is 2.60. The van der Waals surface area contributed by atoms with Gasteiger partial charge in [0.05, 0.1) is 12.0 Å². The molecule has 0 N–H and O–H groups in total. The number of hydrogen-bond donors (Lipinski definition) is 0. The first-order chi connectivity index (χ1) is 9.70. The van der Waals surface area contributed by atoms with Crippen LogP contribution >= 0.6 is 0 Å². The minimum Gasteiger partial charge on any atom is -0.462 e. The lowest BCUT2D eigenvalue weighted by Crippen LogP contribution is -2.38. The van der Waals surface area contributed by atoms with E-state index >= 15 is 0 Å². The number of ether oxygens (including phenoxy) is 3. The fourth-order valence-corrected chi connectivity index (χ4v) is 1.56. The van der Waals surface area contributed by atoms with Gasteiger partial charge in [0.2, 0.25) is 0 Å². The van der Waals surface area contributed by atoms with E-state index in [-0.39, 0.29) is 18.4 Å². The second-order valence-electron chi connectivity index (χ2n) is 6.66. The van der Waals surface area contributed by atoms with Gasteiger partial charge in [-0.15, -0.1) is 0 Å². The molecule has 2 atom stereocenters. The van der Waals surface area contributed by atoms with Gasteiger partial charge < -0.3 is 14.2 Å². The first kappa shape index (κ1) is 17.9. The van der Waals surface area contributed by atoms with Crippen LogP contribution in [-0.4, -0.2) is 37.4 Å². The molecule has 1 aliphatic rings. The lowest BCUT2D eigenvalue weighted by atomic mass is 9.97. The molecule has 0 saturated carbocycles. The molecule has 0 fully saturated rings. The summed E-state index contributed by atoms with van der Waals surface area (Å²) in [5.41, 5.74) is -0.597. The van der Waals surface area contributed by atoms with E-state index < -0.39 is 17.8 Å². The second-order valence-corrected chi connectivity index (χ2v) is 6.66. The largest absolute Gasteiger partial charge is 0.462 e. The zero-order valence-corrected chi connectivity index (χ0v) is 13.5. The SMILES string of the molecule is CC(C)CCO[C@@H]1C=CC(=O)[C@@H](COC(=O)C(C)(C)C)O1. The van der Waals surface area contributed by atoms with Crippen molar-refractivity contribution in [2.75, 3.05) is 13.2 Å². The van der Waals surface area contributed by atoms with Crippen LogP contribution in [0, 0.1) is 11.3 Å². The summed E-state index contributed by atoms with van der Waals surface area (Å²) in [6, 6.07) is 0. The maximum atomic E-state index is 11.7. The van der Waals surface area contributed by atoms with Gasteiger partial charge in [0, 0.05) is 0 Å². The van der Waals surface area contributed by atoms with Crippen LogP contribution in [0.3, 0.4) is 0 Å². The van der Waals surface area contributed by atoms with Crippen molar-refractivity contribution in [2.45, 2.75) is 53.4 Å². The Hall–Kier alpha value is -1.20. The van der Waals surface area contributed by atoms with Crippen LogP contribution in [-0.2, 0) is 23.8 Å². The number of carbonyl (C=O) groups is 2. The molecular formula is C16H26O5. The molecule has 1 aliphatic heterocycles. The zero-order chi connectivity index (χ0) is 16.0. The van der Waals surface area contributed by atoms with Gasteiger partial charge in [-0.3, -0.25) is 9.59 Å². The highest BCUT2D eigenvalue weighted by Gasteiger charge is 2.29. The number of ketones is 1. The predicted molar refractivity (Wildman–Crippen MR) is 78.6 cm³/mol. The summed E-state index contributed by atoms with van der Waals surface area (Å²) in [5.74, 6) is -0.0195. The topological polar surface area (TPSA) is 61.8 Å². The average Bonchev–Trinajstić information content (AvgIpc) is 2.37. The number of esters is 1. The van der Waals surface area contributed by atoms with Gasteiger partial charge >= 0.3 is 5.97 Å². The van der Waals surface area contributed by atoms with Gasteiger partial charge in [-0.1, -0.05) is 13.8 Å². The van der Waals surface area contributed by atoms with Crippen LogP contribution in [0.5, 0.6) is 0 Å². The Bertz CT molecular complexity index is 392. The lowest BCUT2D eigenvalue weighted by Gasteiger charge is -2.26. The van der Waals surface area contributed by atoms with Crippen LogP contribution < -0.4 is 0 Å². The Morgan fingerprint density at radius 1 is 1.38 bits per heavy atom. The molecule has 0 radical (unpaired) electrons. The Morgan fingerprint density at radius 2 is 2.05 bits per heavy atom. The smallest absolute Gasteiger partial charge is 0.311 e. The van der Waals surface area contributed by atoms with Gasteiger partial charge in [-0.25, -0.2) is 0 Å². The third-order valence-corrected chi connectivity index (χ3v) is 2.99. The summed E-state index contributed by atoms with van der Waals surface area (Å²) in [4.78, 5) is 23.4. The van der Waals surface area contributed by atoms with Crippen LogP contribution in [0.25, 0.3) is 0 Å². The zero-order valence-electron chi connectivity index (χ0n) is 13.5. The van der Waals surface area contributed by atoms with Crippen molar-refractivity contribution in [3.63, 3.8) is 0 Å². The first-order valence-corrected chi connectivity index (χ1v) is 7.36. The van der Waals surface area contributed by atoms with Crippen LogP contribution in [0.4, 0.5) is 0 Å². The molecule has 0 saturated heterocycles. The quantitative estimate of drug-likeness (QED) is 0.705. The molecule has 120 valence electrons. The molecule has 0 aromatic carbocycles. The van der Waals surface area contributed by atoms with Gasteiger partial charge in [0.1, 0.15) is 6.61 Å². The number of carbonyl (C=O) groups excluding carboxylic acids is 2. The number of hydrogen-bond acceptors (Lipinski definition) is 5. The Labute approximate surface area is 126 Å². The summed E-state index contributed by atoms with van der Waals surface area (Å²) < 4.78 is 16.2. The van der Waals surface area contributed by atoms with Crippen molar-refractivity contribution in [2.24, 2.45) is 11.3 Å². The van der Waals surface area contributed by atoms with Crippen molar-refractivity contribution in [3.8, 4) is 0 Å². The highest BCUT2D eigenvalue weighted by Crippen LogP contribution is 2.17. The molecule has 5 heteroatoms. The van der Waals surface area contributed by atoms with E-state index in [1.165, 1.54) is 6.08 Å². The highest BCUT2D eigenvalue weighted by atomic mass is 16.7. The van der Waals surface area contributed by atoms with Gasteiger partial charge in [-0.2, -0.15) is 0 Å². The Balaban J connectivity index is 2.43. The van der Waals surface area contributed by atoms with Crippen molar-refractivity contribution < 1.29 is 23.8 Å². The highest BCUT2D eigenvalue weighted by molar-refractivity contribution is 5.94. The fraction of sp³-hybridized carbons (Fsp3) is 0.750. The molecule has 0 aromatic heterocycles. The molecule has 5 nitrogen and oxygen atoms in total. The van der Waals surface area contributed by atoms with E-state index in [4.69, 9.17) is 14.2 Å². The second kappa shape index (κ2) is 7.71. The van der Waals surface area contributed by atoms with Crippen molar-refractivity contribution in [1.29, 1.82) is 0 Å². The van der Waals surface area contributed by atoms with E-state index in [1.54, 1.807) is 26.8 Å². The summed E-state index contributed by atoms with van der Waals surface area (Å²) in [5, 5.41) is 0. The first-order valence-electron chi connectivity index (χ1n) is 7.36. The van der Waals surface area contributed by atoms with E-state index in [1.807, 2.05) is 0 Å². The lowest BCUT2D eigenvalue weighted by molar-refractivity contribution is -0.180. The van der Waals surface area contributed by atoms with Gasteiger partial charge in [0.25, 0.3) is 0 Å². The van der Waals surface area contributed by atoms with Crippen molar-refractivity contribution >= 4 is 11.8 Å². The maximum absolute atomic E-state index is 11.7. The molecule has 0 aromatic rings. The van der Waals surface area contributed by atoms with Gasteiger partial charge in [0.15, 0.2) is 18.2 Å². The van der Waals surface area contributed by atoms with Crippen molar-refractivity contribution in [3.05, 3.63) is 12.2 Å². The molecule has 0 unspecified atom stereocenters. The third-order valence-electron chi connectivity index (χ3n) is 2.99. The Kier molecular flexibility index (Phi) is 6.55. The summed E-state index contributed by atoms with van der Waals surface area (Å²) in [7, 11) is 0. The summed E-state index contributed by atoms with van der Waals surface area (Å²) >= 11 is 0. The van der Waals surface area contributed by atoms with E-state index in [0.29, 0.717) is 12.5 Å². The molecule has 1 heterocycles. The minimum atomic E-state index is -0.787. The van der Waals surface area contributed by atoms with E-state index in [9.17, 15) is 9.59 Å². The fourth-order valence-electron chi connectivity index (χ4n) is 1.56. The van der Waals surface area contributed by atoms with Crippen LogP contribution in [0.2, 0.25) is 0 Å². The maximum Gasteiger partial charge on any atom is 0.311 e. The monoisotopic (exact) mass is 298 g/mol. The Morgan fingerprint density at radius 3 is 2.62 bits per heavy atom. The molecule has 1 rings (SSSR count).